The van der Waals surface area contributed by atoms with Gasteiger partial charge >= 0.3 is 0 Å². The van der Waals surface area contributed by atoms with Gasteiger partial charge in [-0.15, -0.1) is 0 Å². The predicted molar refractivity (Wildman–Crippen MR) is 92.3 cm³/mol. The number of hydrogen-bond donors (Lipinski definition) is 1. The van der Waals surface area contributed by atoms with Crippen LogP contribution < -0.4 is 0 Å². The largest absolute Gasteiger partial charge is 0.508 e. The van der Waals surface area contributed by atoms with Gasteiger partial charge in [-0.25, -0.2) is 0 Å². The van der Waals surface area contributed by atoms with Crippen molar-refractivity contribution in [2.24, 2.45) is 11.8 Å². The highest BCUT2D eigenvalue weighted by atomic mass is 16.3. The summed E-state index contributed by atoms with van der Waals surface area (Å²) in [5, 5.41) is 9.80. The van der Waals surface area contributed by atoms with Crippen molar-refractivity contribution < 1.29 is 5.11 Å². The minimum Gasteiger partial charge on any atom is -0.508 e. The molecule has 0 unspecified atom stereocenters. The van der Waals surface area contributed by atoms with Crippen LogP contribution in [-0.2, 0) is 5.41 Å². The third kappa shape index (κ3) is 3.32. The molecule has 1 aromatic carbocycles. The summed E-state index contributed by atoms with van der Waals surface area (Å²) in [6, 6.07) is 7.91. The molecular weight excluding hydrogens is 270 g/mol. The molecule has 2 heteroatoms. The fourth-order valence-electron chi connectivity index (χ4n) is 4.51. The minimum atomic E-state index is 0.196. The molecule has 0 amide bonds. The number of benzene rings is 1. The van der Waals surface area contributed by atoms with Crippen molar-refractivity contribution in [2.75, 3.05) is 19.6 Å². The average molecular weight is 301 g/mol. The second-order valence-electron chi connectivity index (χ2n) is 7.88. The molecule has 2 fully saturated rings. The zero-order valence-electron chi connectivity index (χ0n) is 14.2. The Morgan fingerprint density at radius 1 is 1.23 bits per heavy atom. The van der Waals surface area contributed by atoms with Gasteiger partial charge in [-0.1, -0.05) is 45.2 Å². The molecule has 0 bridgehead atoms. The molecule has 2 atom stereocenters. The van der Waals surface area contributed by atoms with E-state index in [4.69, 9.17) is 0 Å². The molecule has 22 heavy (non-hydrogen) atoms. The molecule has 0 aromatic heterocycles. The summed E-state index contributed by atoms with van der Waals surface area (Å²) in [4.78, 5) is 2.70. The van der Waals surface area contributed by atoms with Crippen LogP contribution in [-0.4, -0.2) is 29.6 Å². The van der Waals surface area contributed by atoms with Crippen LogP contribution in [0.5, 0.6) is 5.75 Å². The first-order valence-corrected chi connectivity index (χ1v) is 9.10. The molecule has 1 aliphatic carbocycles. The summed E-state index contributed by atoms with van der Waals surface area (Å²) in [6.45, 7) is 8.47. The molecule has 122 valence electrons. The maximum atomic E-state index is 9.80. The Morgan fingerprint density at radius 3 is 2.68 bits per heavy atom. The van der Waals surface area contributed by atoms with Crippen LogP contribution in [0.2, 0.25) is 0 Å². The fraction of sp³-hybridized carbons (Fsp3) is 0.700. The second kappa shape index (κ2) is 6.62. The molecule has 1 aliphatic heterocycles. The third-order valence-corrected chi connectivity index (χ3v) is 6.31. The van der Waals surface area contributed by atoms with Crippen LogP contribution >= 0.6 is 0 Å². The van der Waals surface area contributed by atoms with Crippen LogP contribution in [0.1, 0.15) is 57.9 Å². The van der Waals surface area contributed by atoms with Gasteiger partial charge in [0, 0.05) is 13.1 Å². The van der Waals surface area contributed by atoms with E-state index >= 15 is 0 Å². The number of phenolic OH excluding ortho intramolecular Hbond substituents is 1. The first kappa shape index (κ1) is 15.9. The zero-order chi connectivity index (χ0) is 15.6. The molecular formula is C20H31NO. The smallest absolute Gasteiger partial charge is 0.115 e. The molecule has 1 N–H and O–H groups in total. The third-order valence-electron chi connectivity index (χ3n) is 6.31. The Hall–Kier alpha value is -1.02. The number of hydrogen-bond acceptors (Lipinski definition) is 2. The maximum absolute atomic E-state index is 9.80. The number of likely N-dealkylation sites (tertiary alicyclic amines) is 1. The van der Waals surface area contributed by atoms with Gasteiger partial charge in [0.2, 0.25) is 0 Å². The van der Waals surface area contributed by atoms with Crippen LogP contribution in [0, 0.1) is 11.8 Å². The zero-order valence-corrected chi connectivity index (χ0v) is 14.2. The van der Waals surface area contributed by atoms with E-state index in [0.717, 1.165) is 5.92 Å². The van der Waals surface area contributed by atoms with Crippen molar-refractivity contribution >= 4 is 0 Å². The van der Waals surface area contributed by atoms with Gasteiger partial charge in [-0.2, -0.15) is 0 Å². The number of rotatable bonds is 3. The number of piperidine rings is 1. The molecule has 1 heterocycles. The van der Waals surface area contributed by atoms with Crippen LogP contribution in [0.4, 0.5) is 0 Å². The highest BCUT2D eigenvalue weighted by Crippen LogP contribution is 2.40. The lowest BCUT2D eigenvalue weighted by Gasteiger charge is -2.46. The number of nitrogens with zero attached hydrogens (tertiary/aromatic N) is 1. The second-order valence-corrected chi connectivity index (χ2v) is 7.88. The lowest BCUT2D eigenvalue weighted by molar-refractivity contribution is 0.0896. The van der Waals surface area contributed by atoms with E-state index in [1.807, 2.05) is 12.1 Å². The molecule has 0 spiro atoms. The van der Waals surface area contributed by atoms with Crippen LogP contribution in [0.15, 0.2) is 24.3 Å². The standard InChI is InChI=1S/C20H31NO/c1-16-14-21(15-17-7-4-3-5-8-17)12-11-20(16,2)18-9-6-10-19(22)13-18/h6,9-10,13,16-17,22H,3-5,7-8,11-12,14-15H2,1-2H3/t16-,20+/m0/s1. The molecule has 2 nitrogen and oxygen atoms in total. The minimum absolute atomic E-state index is 0.196. The Kier molecular flexibility index (Phi) is 4.77. The topological polar surface area (TPSA) is 23.5 Å². The van der Waals surface area contributed by atoms with E-state index in [9.17, 15) is 5.11 Å². The van der Waals surface area contributed by atoms with E-state index in [-0.39, 0.29) is 5.41 Å². The van der Waals surface area contributed by atoms with E-state index < -0.39 is 0 Å². The van der Waals surface area contributed by atoms with Crippen molar-refractivity contribution in [1.82, 2.24) is 4.90 Å². The molecule has 0 radical (unpaired) electrons. The number of aromatic hydroxyl groups is 1. The summed E-state index contributed by atoms with van der Waals surface area (Å²) < 4.78 is 0. The molecule has 1 saturated heterocycles. The molecule has 1 aromatic rings. The van der Waals surface area contributed by atoms with Crippen molar-refractivity contribution in [1.29, 1.82) is 0 Å². The summed E-state index contributed by atoms with van der Waals surface area (Å²) in [6.07, 6.45) is 8.40. The Bertz CT molecular complexity index is 494. The SMILES string of the molecule is C[C@H]1CN(CC2CCCCC2)CC[C@@]1(C)c1cccc(O)c1. The normalized spacial score (nSPS) is 31.3. The highest BCUT2D eigenvalue weighted by molar-refractivity contribution is 5.33. The maximum Gasteiger partial charge on any atom is 0.115 e. The van der Waals surface area contributed by atoms with Gasteiger partial charge in [0.1, 0.15) is 5.75 Å². The number of phenols is 1. The average Bonchev–Trinajstić information content (AvgIpc) is 2.52. The molecule has 2 aliphatic rings. The Morgan fingerprint density at radius 2 is 2.00 bits per heavy atom. The first-order valence-electron chi connectivity index (χ1n) is 9.10. The summed E-state index contributed by atoms with van der Waals surface area (Å²) >= 11 is 0. The van der Waals surface area contributed by atoms with E-state index in [1.165, 1.54) is 63.7 Å². The summed E-state index contributed by atoms with van der Waals surface area (Å²) in [7, 11) is 0. The van der Waals surface area contributed by atoms with Gasteiger partial charge in [-0.05, 0) is 60.8 Å². The first-order chi connectivity index (χ1) is 10.6. The van der Waals surface area contributed by atoms with Crippen LogP contribution in [0.3, 0.4) is 0 Å². The van der Waals surface area contributed by atoms with Crippen molar-refractivity contribution in [3.63, 3.8) is 0 Å². The van der Waals surface area contributed by atoms with Gasteiger partial charge in [0.25, 0.3) is 0 Å². The monoisotopic (exact) mass is 301 g/mol. The van der Waals surface area contributed by atoms with Crippen molar-refractivity contribution in [3.8, 4) is 5.75 Å². The van der Waals surface area contributed by atoms with E-state index in [2.05, 4.69) is 24.8 Å². The van der Waals surface area contributed by atoms with E-state index in [1.54, 1.807) is 6.07 Å². The summed E-state index contributed by atoms with van der Waals surface area (Å²) in [5.74, 6) is 1.97. The van der Waals surface area contributed by atoms with Gasteiger partial charge in [-0.3, -0.25) is 0 Å². The molecule has 3 rings (SSSR count). The van der Waals surface area contributed by atoms with Gasteiger partial charge in [0.15, 0.2) is 0 Å². The van der Waals surface area contributed by atoms with E-state index in [0.29, 0.717) is 11.7 Å². The quantitative estimate of drug-likeness (QED) is 0.884. The van der Waals surface area contributed by atoms with Gasteiger partial charge in [0.05, 0.1) is 0 Å². The Balaban J connectivity index is 1.64. The van der Waals surface area contributed by atoms with Gasteiger partial charge < -0.3 is 10.0 Å². The van der Waals surface area contributed by atoms with Crippen LogP contribution in [0.25, 0.3) is 0 Å². The Labute approximate surface area is 135 Å². The predicted octanol–water partition coefficient (Wildman–Crippen LogP) is 4.57. The lowest BCUT2D eigenvalue weighted by atomic mass is 9.68. The molecule has 1 saturated carbocycles. The highest BCUT2D eigenvalue weighted by Gasteiger charge is 2.38. The lowest BCUT2D eigenvalue weighted by Crippen LogP contribution is -2.48. The summed E-state index contributed by atoms with van der Waals surface area (Å²) in [5.41, 5.74) is 1.50. The van der Waals surface area contributed by atoms with Crippen molar-refractivity contribution in [2.45, 2.75) is 57.8 Å². The van der Waals surface area contributed by atoms with Crippen molar-refractivity contribution in [3.05, 3.63) is 29.8 Å². The fourth-order valence-corrected chi connectivity index (χ4v) is 4.51.